The van der Waals surface area contributed by atoms with E-state index in [0.717, 1.165) is 25.2 Å². The molecule has 7 heteroatoms. The molecule has 0 atom stereocenters. The zero-order valence-electron chi connectivity index (χ0n) is 12.4. The summed E-state index contributed by atoms with van der Waals surface area (Å²) in [5.74, 6) is 0.886. The van der Waals surface area contributed by atoms with E-state index in [0.29, 0.717) is 24.2 Å². The third-order valence-corrected chi connectivity index (χ3v) is 5.78. The maximum absolute atomic E-state index is 12.7. The van der Waals surface area contributed by atoms with Crippen LogP contribution in [0.4, 0.5) is 5.69 Å². The minimum atomic E-state index is -0.444. The summed E-state index contributed by atoms with van der Waals surface area (Å²) in [6, 6.07) is 4.66. The Kier molecular flexibility index (Phi) is 4.10. The molecule has 1 spiro atoms. The lowest BCUT2D eigenvalue weighted by molar-refractivity contribution is -0.385. The van der Waals surface area contributed by atoms with Crippen molar-refractivity contribution >= 4 is 23.4 Å². The first-order chi connectivity index (χ1) is 10.5. The molecule has 2 saturated heterocycles. The number of thioether (sulfide) groups is 1. The zero-order valence-corrected chi connectivity index (χ0v) is 13.2. The Balaban J connectivity index is 1.75. The first-order valence-corrected chi connectivity index (χ1v) is 8.32. The van der Waals surface area contributed by atoms with Crippen LogP contribution in [0.5, 0.6) is 0 Å². The number of nitro benzene ring substituents is 1. The van der Waals surface area contributed by atoms with Gasteiger partial charge in [0.2, 0.25) is 0 Å². The molecule has 6 nitrogen and oxygen atoms in total. The van der Waals surface area contributed by atoms with E-state index in [1.54, 1.807) is 24.0 Å². The highest BCUT2D eigenvalue weighted by Gasteiger charge is 2.40. The second kappa shape index (κ2) is 5.89. The predicted octanol–water partition coefficient (Wildman–Crippen LogP) is 2.60. The van der Waals surface area contributed by atoms with Gasteiger partial charge in [0.25, 0.3) is 11.6 Å². The van der Waals surface area contributed by atoms with Gasteiger partial charge in [-0.3, -0.25) is 14.9 Å². The van der Waals surface area contributed by atoms with Crippen LogP contribution in [-0.2, 0) is 4.74 Å². The molecular weight excluding hydrogens is 304 g/mol. The van der Waals surface area contributed by atoms with Gasteiger partial charge < -0.3 is 9.64 Å². The normalized spacial score (nSPS) is 20.3. The second-order valence-electron chi connectivity index (χ2n) is 5.61. The topological polar surface area (TPSA) is 72.7 Å². The second-order valence-corrected chi connectivity index (χ2v) is 7.05. The molecule has 0 unspecified atom stereocenters. The van der Waals surface area contributed by atoms with E-state index in [1.807, 2.05) is 11.8 Å². The summed E-state index contributed by atoms with van der Waals surface area (Å²) in [6.07, 6.45) is 1.63. The minimum Gasteiger partial charge on any atom is -0.363 e. The Morgan fingerprint density at radius 2 is 2.14 bits per heavy atom. The lowest BCUT2D eigenvalue weighted by Crippen LogP contribution is -2.45. The smallest absolute Gasteiger partial charge is 0.273 e. The number of carbonyl (C=O) groups excluding carboxylic acids is 1. The van der Waals surface area contributed by atoms with Gasteiger partial charge in [0.15, 0.2) is 0 Å². The van der Waals surface area contributed by atoms with Crippen LogP contribution in [0.2, 0.25) is 0 Å². The van der Waals surface area contributed by atoms with Crippen molar-refractivity contribution in [1.82, 2.24) is 4.90 Å². The average Bonchev–Trinajstić information content (AvgIpc) is 2.95. The molecule has 0 bridgehead atoms. The molecule has 2 fully saturated rings. The lowest BCUT2D eigenvalue weighted by Gasteiger charge is -2.38. The largest absolute Gasteiger partial charge is 0.363 e. The van der Waals surface area contributed by atoms with Crippen LogP contribution in [0.15, 0.2) is 18.2 Å². The number of rotatable bonds is 2. The van der Waals surface area contributed by atoms with Crippen LogP contribution in [0.25, 0.3) is 0 Å². The number of ether oxygens (including phenoxy) is 1. The Hall–Kier alpha value is -1.60. The van der Waals surface area contributed by atoms with E-state index < -0.39 is 4.92 Å². The van der Waals surface area contributed by atoms with E-state index in [2.05, 4.69) is 0 Å². The van der Waals surface area contributed by atoms with Crippen molar-refractivity contribution in [3.05, 3.63) is 39.4 Å². The fourth-order valence-electron chi connectivity index (χ4n) is 3.06. The molecule has 0 radical (unpaired) electrons. The predicted molar refractivity (Wildman–Crippen MR) is 84.1 cm³/mol. The van der Waals surface area contributed by atoms with Gasteiger partial charge in [0.1, 0.15) is 4.93 Å². The Morgan fingerprint density at radius 3 is 2.73 bits per heavy atom. The molecule has 118 valence electrons. The maximum Gasteiger partial charge on any atom is 0.273 e. The zero-order chi connectivity index (χ0) is 15.7. The summed E-state index contributed by atoms with van der Waals surface area (Å²) in [5, 5.41) is 11.0. The van der Waals surface area contributed by atoms with E-state index >= 15 is 0 Å². The monoisotopic (exact) mass is 322 g/mol. The Labute approximate surface area is 133 Å². The number of nitro groups is 1. The maximum atomic E-state index is 12.7. The van der Waals surface area contributed by atoms with Crippen molar-refractivity contribution in [3.63, 3.8) is 0 Å². The molecule has 1 aromatic rings. The van der Waals surface area contributed by atoms with Gasteiger partial charge in [-0.05, 0) is 13.0 Å². The van der Waals surface area contributed by atoms with Gasteiger partial charge >= 0.3 is 0 Å². The summed E-state index contributed by atoms with van der Waals surface area (Å²) in [4.78, 5) is 24.9. The van der Waals surface area contributed by atoms with E-state index in [1.165, 1.54) is 6.07 Å². The van der Waals surface area contributed by atoms with Gasteiger partial charge in [-0.1, -0.05) is 6.07 Å². The number of benzene rings is 1. The van der Waals surface area contributed by atoms with Crippen molar-refractivity contribution in [2.45, 2.75) is 24.7 Å². The van der Waals surface area contributed by atoms with Gasteiger partial charge in [-0.2, -0.15) is 0 Å². The number of likely N-dealkylation sites (tertiary alicyclic amines) is 1. The van der Waals surface area contributed by atoms with Crippen LogP contribution in [-0.4, -0.2) is 46.1 Å². The molecule has 22 heavy (non-hydrogen) atoms. The molecular formula is C15H18N2O4S. The molecule has 0 aliphatic carbocycles. The molecule has 2 heterocycles. The van der Waals surface area contributed by atoms with Crippen LogP contribution >= 0.6 is 11.8 Å². The molecule has 0 N–H and O–H groups in total. The Morgan fingerprint density at radius 1 is 1.41 bits per heavy atom. The fraction of sp³-hybridized carbons (Fsp3) is 0.533. The number of hydrogen-bond acceptors (Lipinski definition) is 5. The van der Waals surface area contributed by atoms with Crippen molar-refractivity contribution in [2.24, 2.45) is 0 Å². The summed E-state index contributed by atoms with van der Waals surface area (Å²) < 4.78 is 5.83. The highest BCUT2D eigenvalue weighted by Crippen LogP contribution is 2.41. The number of carbonyl (C=O) groups is 1. The Bertz CT molecular complexity index is 604. The number of amides is 1. The number of nitrogens with zero attached hydrogens (tertiary/aromatic N) is 2. The van der Waals surface area contributed by atoms with Crippen LogP contribution in [0, 0.1) is 17.0 Å². The number of piperidine rings is 1. The highest BCUT2D eigenvalue weighted by molar-refractivity contribution is 8.00. The minimum absolute atomic E-state index is 0.00554. The SMILES string of the molecule is Cc1c(C(=O)N2CCC3(CC2)OCCS3)cccc1[N+](=O)[O-]. The number of hydrogen-bond donors (Lipinski definition) is 0. The third-order valence-electron chi connectivity index (χ3n) is 4.36. The molecule has 2 aliphatic heterocycles. The molecule has 0 saturated carbocycles. The van der Waals surface area contributed by atoms with Crippen molar-refractivity contribution in [2.75, 3.05) is 25.4 Å². The molecule has 1 amide bonds. The molecule has 3 rings (SSSR count). The third kappa shape index (κ3) is 2.70. The van der Waals surface area contributed by atoms with Crippen LogP contribution in [0.3, 0.4) is 0 Å². The summed E-state index contributed by atoms with van der Waals surface area (Å²) in [5.41, 5.74) is 0.850. The van der Waals surface area contributed by atoms with E-state index in [4.69, 9.17) is 4.74 Å². The van der Waals surface area contributed by atoms with Gasteiger partial charge in [-0.25, -0.2) is 0 Å². The van der Waals surface area contributed by atoms with Crippen LogP contribution < -0.4 is 0 Å². The molecule has 2 aliphatic rings. The van der Waals surface area contributed by atoms with E-state index in [9.17, 15) is 14.9 Å². The van der Waals surface area contributed by atoms with Crippen molar-refractivity contribution in [3.8, 4) is 0 Å². The summed E-state index contributed by atoms with van der Waals surface area (Å²) in [6.45, 7) is 3.68. The quantitative estimate of drug-likeness (QED) is 0.618. The first-order valence-electron chi connectivity index (χ1n) is 7.34. The lowest BCUT2D eigenvalue weighted by atomic mass is 10.0. The van der Waals surface area contributed by atoms with Gasteiger partial charge in [-0.15, -0.1) is 11.8 Å². The summed E-state index contributed by atoms with van der Waals surface area (Å²) >= 11 is 1.84. The fourth-order valence-corrected chi connectivity index (χ4v) is 4.24. The van der Waals surface area contributed by atoms with Gasteiger partial charge in [0, 0.05) is 48.9 Å². The van der Waals surface area contributed by atoms with Crippen LogP contribution in [0.1, 0.15) is 28.8 Å². The van der Waals surface area contributed by atoms with E-state index in [-0.39, 0.29) is 16.5 Å². The highest BCUT2D eigenvalue weighted by atomic mass is 32.2. The van der Waals surface area contributed by atoms with Crippen molar-refractivity contribution < 1.29 is 14.5 Å². The average molecular weight is 322 g/mol. The van der Waals surface area contributed by atoms with Crippen molar-refractivity contribution in [1.29, 1.82) is 0 Å². The standard InChI is InChI=1S/C15H18N2O4S/c1-11-12(3-2-4-13(11)17(19)20)14(18)16-7-5-15(6-8-16)21-9-10-22-15/h2-4H,5-10H2,1H3. The molecule has 0 aromatic heterocycles. The molecule has 1 aromatic carbocycles. The summed E-state index contributed by atoms with van der Waals surface area (Å²) in [7, 11) is 0. The van der Waals surface area contributed by atoms with Gasteiger partial charge in [0.05, 0.1) is 11.5 Å². The first kappa shape index (κ1) is 15.3.